The summed E-state index contributed by atoms with van der Waals surface area (Å²) in [5, 5.41) is 8.71. The van der Waals surface area contributed by atoms with Crippen LogP contribution in [0, 0.1) is 5.41 Å². The van der Waals surface area contributed by atoms with Crippen molar-refractivity contribution in [2.24, 2.45) is 5.41 Å². The van der Waals surface area contributed by atoms with Crippen LogP contribution in [0.3, 0.4) is 0 Å². The Bertz CT molecular complexity index is 930. The van der Waals surface area contributed by atoms with Crippen molar-refractivity contribution in [2.45, 2.75) is 34.6 Å². The third-order valence-electron chi connectivity index (χ3n) is 4.70. The van der Waals surface area contributed by atoms with Crippen molar-refractivity contribution in [1.82, 2.24) is 4.90 Å². The van der Waals surface area contributed by atoms with E-state index in [1.165, 1.54) is 0 Å². The zero-order chi connectivity index (χ0) is 23.0. The number of benzene rings is 2. The predicted octanol–water partition coefficient (Wildman–Crippen LogP) is 4.20. The molecule has 0 aliphatic carbocycles. The molecule has 0 aromatic heterocycles. The number of carbonyl (C=O) groups is 3. The summed E-state index contributed by atoms with van der Waals surface area (Å²) in [5.74, 6) is -0.372. The highest BCUT2D eigenvalue weighted by atomic mass is 16.2. The summed E-state index contributed by atoms with van der Waals surface area (Å²) >= 11 is 0. The molecule has 3 N–H and O–H groups in total. The minimum absolute atomic E-state index is 0.0350. The third-order valence-corrected chi connectivity index (χ3v) is 4.70. The Morgan fingerprint density at radius 3 is 2.03 bits per heavy atom. The highest BCUT2D eigenvalue weighted by Crippen LogP contribution is 2.20. The first-order chi connectivity index (χ1) is 14.6. The van der Waals surface area contributed by atoms with E-state index in [-0.39, 0.29) is 24.3 Å². The van der Waals surface area contributed by atoms with Gasteiger partial charge in [-0.05, 0) is 50.2 Å². The minimum Gasteiger partial charge on any atom is -0.376 e. The van der Waals surface area contributed by atoms with Crippen LogP contribution in [-0.2, 0) is 9.59 Å². The van der Waals surface area contributed by atoms with E-state index < -0.39 is 5.41 Å². The number of anilines is 3. The molecule has 31 heavy (non-hydrogen) atoms. The Morgan fingerprint density at radius 2 is 1.42 bits per heavy atom. The van der Waals surface area contributed by atoms with Crippen molar-refractivity contribution in [3.05, 3.63) is 54.1 Å². The number of carbonyl (C=O) groups excluding carboxylic acids is 3. The fourth-order valence-electron chi connectivity index (χ4n) is 2.84. The van der Waals surface area contributed by atoms with Crippen LogP contribution in [0.15, 0.2) is 48.5 Å². The van der Waals surface area contributed by atoms with Crippen LogP contribution in [0.2, 0.25) is 0 Å². The molecule has 2 aromatic carbocycles. The number of hydrogen-bond donors (Lipinski definition) is 3. The molecule has 7 heteroatoms. The van der Waals surface area contributed by atoms with Crippen molar-refractivity contribution in [3.63, 3.8) is 0 Å². The van der Waals surface area contributed by atoms with Gasteiger partial charge in [0.1, 0.15) is 0 Å². The number of amides is 3. The van der Waals surface area contributed by atoms with Gasteiger partial charge in [-0.1, -0.05) is 32.9 Å². The molecule has 2 aromatic rings. The average molecular weight is 425 g/mol. The van der Waals surface area contributed by atoms with Gasteiger partial charge in [-0.2, -0.15) is 0 Å². The Morgan fingerprint density at radius 1 is 0.839 bits per heavy atom. The van der Waals surface area contributed by atoms with Crippen LogP contribution >= 0.6 is 0 Å². The molecule has 0 saturated heterocycles. The summed E-state index contributed by atoms with van der Waals surface area (Å²) in [4.78, 5) is 38.8. The van der Waals surface area contributed by atoms with Gasteiger partial charge in [-0.3, -0.25) is 14.4 Å². The monoisotopic (exact) mass is 424 g/mol. The molecule has 0 aliphatic heterocycles. The lowest BCUT2D eigenvalue weighted by atomic mass is 9.95. The van der Waals surface area contributed by atoms with Gasteiger partial charge in [0, 0.05) is 41.1 Å². The maximum Gasteiger partial charge on any atom is 0.253 e. The Kier molecular flexibility index (Phi) is 8.19. The zero-order valence-corrected chi connectivity index (χ0v) is 18.9. The lowest BCUT2D eigenvalue weighted by Gasteiger charge is -2.19. The molecule has 0 fully saturated rings. The first-order valence-corrected chi connectivity index (χ1v) is 10.5. The molecule has 0 aliphatic rings. The highest BCUT2D eigenvalue weighted by Gasteiger charge is 2.21. The van der Waals surface area contributed by atoms with Gasteiger partial charge in [0.05, 0.1) is 6.54 Å². The van der Waals surface area contributed by atoms with Gasteiger partial charge in [0.15, 0.2) is 0 Å². The second-order valence-corrected chi connectivity index (χ2v) is 8.24. The van der Waals surface area contributed by atoms with Gasteiger partial charge in [0.2, 0.25) is 11.8 Å². The van der Waals surface area contributed by atoms with Crippen molar-refractivity contribution in [2.75, 3.05) is 35.6 Å². The lowest BCUT2D eigenvalue weighted by molar-refractivity contribution is -0.123. The maximum absolute atomic E-state index is 12.5. The van der Waals surface area contributed by atoms with E-state index in [2.05, 4.69) is 16.0 Å². The smallest absolute Gasteiger partial charge is 0.253 e. The summed E-state index contributed by atoms with van der Waals surface area (Å²) in [5.41, 5.74) is 1.97. The maximum atomic E-state index is 12.5. The van der Waals surface area contributed by atoms with Crippen LogP contribution in [0.4, 0.5) is 17.1 Å². The first kappa shape index (κ1) is 23.9. The van der Waals surface area contributed by atoms with Crippen LogP contribution in [0.25, 0.3) is 0 Å². The molecule has 0 heterocycles. The van der Waals surface area contributed by atoms with Crippen LogP contribution in [0.5, 0.6) is 0 Å². The zero-order valence-electron chi connectivity index (χ0n) is 18.9. The molecule has 166 valence electrons. The topological polar surface area (TPSA) is 90.5 Å². The van der Waals surface area contributed by atoms with Crippen LogP contribution in [0.1, 0.15) is 45.0 Å². The largest absolute Gasteiger partial charge is 0.376 e. The summed E-state index contributed by atoms with van der Waals surface area (Å²) in [6.07, 6.45) is 0. The van der Waals surface area contributed by atoms with Crippen molar-refractivity contribution >= 4 is 34.8 Å². The second-order valence-electron chi connectivity index (χ2n) is 8.24. The summed E-state index contributed by atoms with van der Waals surface area (Å²) in [6.45, 7) is 10.7. The number of nitrogens with one attached hydrogen (secondary N) is 3. The predicted molar refractivity (Wildman–Crippen MR) is 125 cm³/mol. The summed E-state index contributed by atoms with van der Waals surface area (Å²) in [7, 11) is 0. The molecule has 2 rings (SSSR count). The van der Waals surface area contributed by atoms with Gasteiger partial charge >= 0.3 is 0 Å². The molecule has 3 amide bonds. The molecule has 0 radical (unpaired) electrons. The highest BCUT2D eigenvalue weighted by molar-refractivity contribution is 5.98. The summed E-state index contributed by atoms with van der Waals surface area (Å²) < 4.78 is 0. The van der Waals surface area contributed by atoms with E-state index in [0.29, 0.717) is 35.7 Å². The van der Waals surface area contributed by atoms with Crippen molar-refractivity contribution < 1.29 is 14.4 Å². The molecule has 0 atom stereocenters. The summed E-state index contributed by atoms with van der Waals surface area (Å²) in [6, 6.07) is 14.1. The Hall–Kier alpha value is -3.35. The SMILES string of the molecule is CCN(CC)C(=O)c1cccc(NCC(=O)Nc2cccc(NC(=O)C(C)(C)C)c2)c1. The van der Waals surface area contributed by atoms with E-state index in [1.807, 2.05) is 40.7 Å². The normalized spacial score (nSPS) is 10.9. The Labute approximate surface area is 184 Å². The van der Waals surface area contributed by atoms with Crippen molar-refractivity contribution in [1.29, 1.82) is 0 Å². The van der Waals surface area contributed by atoms with Gasteiger partial charge < -0.3 is 20.9 Å². The van der Waals surface area contributed by atoms with Crippen LogP contribution in [-0.4, -0.2) is 42.3 Å². The first-order valence-electron chi connectivity index (χ1n) is 10.5. The molecule has 0 spiro atoms. The molecule has 0 unspecified atom stereocenters. The van der Waals surface area contributed by atoms with E-state index in [9.17, 15) is 14.4 Å². The van der Waals surface area contributed by atoms with Gasteiger partial charge in [-0.25, -0.2) is 0 Å². The van der Waals surface area contributed by atoms with Crippen LogP contribution < -0.4 is 16.0 Å². The molecular weight excluding hydrogens is 392 g/mol. The number of hydrogen-bond acceptors (Lipinski definition) is 4. The molecule has 0 bridgehead atoms. The van der Waals surface area contributed by atoms with E-state index >= 15 is 0 Å². The van der Waals surface area contributed by atoms with Gasteiger partial charge in [-0.15, -0.1) is 0 Å². The molecular formula is C24H32N4O3. The van der Waals surface area contributed by atoms with E-state index in [0.717, 1.165) is 0 Å². The molecule has 0 saturated carbocycles. The fraction of sp³-hybridized carbons (Fsp3) is 0.375. The number of nitrogens with zero attached hydrogens (tertiary/aromatic N) is 1. The minimum atomic E-state index is -0.510. The van der Waals surface area contributed by atoms with Crippen molar-refractivity contribution in [3.8, 4) is 0 Å². The second kappa shape index (κ2) is 10.6. The van der Waals surface area contributed by atoms with E-state index in [1.54, 1.807) is 47.4 Å². The quantitative estimate of drug-likeness (QED) is 0.592. The molecule has 7 nitrogen and oxygen atoms in total. The number of rotatable bonds is 8. The lowest BCUT2D eigenvalue weighted by Crippen LogP contribution is -2.30. The van der Waals surface area contributed by atoms with Gasteiger partial charge in [0.25, 0.3) is 5.91 Å². The third kappa shape index (κ3) is 7.13. The average Bonchev–Trinajstić information content (AvgIpc) is 2.73. The van der Waals surface area contributed by atoms with E-state index in [4.69, 9.17) is 0 Å². The Balaban J connectivity index is 1.96. The fourth-order valence-corrected chi connectivity index (χ4v) is 2.84. The standard InChI is InChI=1S/C24H32N4O3/c1-6-28(7-2)22(30)17-10-8-11-18(14-17)25-16-21(29)26-19-12-9-13-20(15-19)27-23(31)24(3,4)5/h8-15,25H,6-7,16H2,1-5H3,(H,26,29)(H,27,31).